The third kappa shape index (κ3) is 3.35. The van der Waals surface area contributed by atoms with E-state index >= 15 is 0 Å². The Balaban J connectivity index is 1.72. The van der Waals surface area contributed by atoms with Gasteiger partial charge in [-0.25, -0.2) is 4.98 Å². The van der Waals surface area contributed by atoms with Gasteiger partial charge >= 0.3 is 0 Å². The number of hydrogen-bond donors (Lipinski definition) is 2. The highest BCUT2D eigenvalue weighted by Crippen LogP contribution is 2.35. The Morgan fingerprint density at radius 2 is 1.93 bits per heavy atom. The monoisotopic (exact) mass is 377 g/mol. The van der Waals surface area contributed by atoms with Gasteiger partial charge in [-0.05, 0) is 43.2 Å². The van der Waals surface area contributed by atoms with Crippen LogP contribution in [0.1, 0.15) is 65.9 Å². The van der Waals surface area contributed by atoms with E-state index in [0.29, 0.717) is 24.0 Å². The van der Waals surface area contributed by atoms with E-state index in [1.807, 2.05) is 13.0 Å². The van der Waals surface area contributed by atoms with Gasteiger partial charge in [-0.15, -0.1) is 0 Å². The van der Waals surface area contributed by atoms with Gasteiger partial charge in [0.2, 0.25) is 11.9 Å². The zero-order valence-electron chi connectivity index (χ0n) is 15.8. The molecule has 0 radical (unpaired) electrons. The van der Waals surface area contributed by atoms with Gasteiger partial charge in [-0.2, -0.15) is 4.98 Å². The minimum Gasteiger partial charge on any atom is -0.366 e. The van der Waals surface area contributed by atoms with E-state index in [9.17, 15) is 9.59 Å². The molecule has 1 amide bonds. The molecule has 3 aromatic rings. The van der Waals surface area contributed by atoms with Gasteiger partial charge in [0.05, 0.1) is 5.69 Å². The van der Waals surface area contributed by atoms with Crippen molar-refractivity contribution in [2.75, 3.05) is 5.32 Å². The summed E-state index contributed by atoms with van der Waals surface area (Å²) in [5.74, 6) is 0.111. The number of carbonyl (C=O) groups is 2. The number of anilines is 2. The van der Waals surface area contributed by atoms with Crippen LogP contribution in [0.25, 0.3) is 11.0 Å². The molecular formula is C21H23N5O2. The fourth-order valence-corrected chi connectivity index (χ4v) is 3.84. The second kappa shape index (κ2) is 7.42. The summed E-state index contributed by atoms with van der Waals surface area (Å²) < 4.78 is 2.11. The topological polar surface area (TPSA) is 103 Å². The van der Waals surface area contributed by atoms with Crippen molar-refractivity contribution < 1.29 is 9.59 Å². The predicted octanol–water partition coefficient (Wildman–Crippen LogP) is 3.98. The number of aromatic nitrogens is 3. The molecule has 1 fully saturated rings. The third-order valence-corrected chi connectivity index (χ3v) is 5.30. The lowest BCUT2D eigenvalue weighted by Gasteiger charge is -2.16. The molecule has 2 aromatic heterocycles. The largest absolute Gasteiger partial charge is 0.366 e. The first-order valence-electron chi connectivity index (χ1n) is 9.65. The number of carbonyl (C=O) groups excluding carboxylic acids is 2. The molecule has 7 heteroatoms. The second-order valence-electron chi connectivity index (χ2n) is 7.15. The number of Topliss-reactive ketones (excluding diaryl/α,β-unsaturated/α-hetero) is 1. The fourth-order valence-electron chi connectivity index (χ4n) is 3.84. The van der Waals surface area contributed by atoms with E-state index in [1.54, 1.807) is 30.5 Å². The van der Waals surface area contributed by atoms with E-state index in [-0.39, 0.29) is 5.78 Å². The third-order valence-electron chi connectivity index (χ3n) is 5.30. The van der Waals surface area contributed by atoms with Gasteiger partial charge < -0.3 is 15.6 Å². The van der Waals surface area contributed by atoms with E-state index in [4.69, 9.17) is 10.7 Å². The first-order valence-corrected chi connectivity index (χ1v) is 9.65. The summed E-state index contributed by atoms with van der Waals surface area (Å²) in [6.45, 7) is 1.88. The van der Waals surface area contributed by atoms with E-state index in [2.05, 4.69) is 14.9 Å². The average molecular weight is 377 g/mol. The van der Waals surface area contributed by atoms with Gasteiger partial charge in [0, 0.05) is 35.3 Å². The maximum Gasteiger partial charge on any atom is 0.248 e. The molecule has 0 unspecified atom stereocenters. The summed E-state index contributed by atoms with van der Waals surface area (Å²) >= 11 is 0. The quantitative estimate of drug-likeness (QED) is 0.633. The molecule has 1 aliphatic rings. The number of amides is 1. The minimum atomic E-state index is -0.466. The predicted molar refractivity (Wildman–Crippen MR) is 108 cm³/mol. The minimum absolute atomic E-state index is 0.126. The standard InChI is InChI=1S/C21H23N5O2/c1-2-18(27)17-11-14-12-23-21(24-15-9-7-13(8-10-15)19(22)28)25-20(14)26(17)16-5-3-4-6-16/h7-12,16H,2-6H2,1H3,(H2,22,28)(H,23,24,25). The lowest BCUT2D eigenvalue weighted by atomic mass is 10.2. The van der Waals surface area contributed by atoms with Crippen LogP contribution in [0.15, 0.2) is 36.5 Å². The molecule has 1 saturated carbocycles. The molecule has 2 heterocycles. The van der Waals surface area contributed by atoms with Crippen LogP contribution in [0, 0.1) is 0 Å². The molecule has 0 aliphatic heterocycles. The number of hydrogen-bond acceptors (Lipinski definition) is 5. The molecule has 7 nitrogen and oxygen atoms in total. The number of ketones is 1. The van der Waals surface area contributed by atoms with E-state index < -0.39 is 5.91 Å². The maximum atomic E-state index is 12.5. The van der Waals surface area contributed by atoms with Gasteiger partial charge in [-0.1, -0.05) is 19.8 Å². The maximum absolute atomic E-state index is 12.5. The fraction of sp³-hybridized carbons (Fsp3) is 0.333. The molecule has 0 spiro atoms. The Bertz CT molecular complexity index is 1030. The van der Waals surface area contributed by atoms with Crippen molar-refractivity contribution in [3.05, 3.63) is 47.8 Å². The Kier molecular flexibility index (Phi) is 4.81. The van der Waals surface area contributed by atoms with E-state index in [1.165, 1.54) is 12.8 Å². The van der Waals surface area contributed by atoms with Crippen molar-refractivity contribution in [2.24, 2.45) is 5.73 Å². The first kappa shape index (κ1) is 18.2. The summed E-state index contributed by atoms with van der Waals surface area (Å²) in [5.41, 5.74) is 7.99. The Morgan fingerprint density at radius 3 is 2.57 bits per heavy atom. The Hall–Kier alpha value is -3.22. The molecule has 144 valence electrons. The number of rotatable bonds is 6. The summed E-state index contributed by atoms with van der Waals surface area (Å²) in [6, 6.07) is 9.04. The molecule has 0 bridgehead atoms. The number of nitrogens with two attached hydrogens (primary N) is 1. The van der Waals surface area contributed by atoms with Gasteiger partial charge in [-0.3, -0.25) is 9.59 Å². The normalized spacial score (nSPS) is 14.5. The average Bonchev–Trinajstić information content (AvgIpc) is 3.34. The van der Waals surface area contributed by atoms with Crippen molar-refractivity contribution in [1.82, 2.24) is 14.5 Å². The lowest BCUT2D eigenvalue weighted by Crippen LogP contribution is -2.13. The Labute approximate surface area is 163 Å². The van der Waals surface area contributed by atoms with Crippen molar-refractivity contribution >= 4 is 34.4 Å². The summed E-state index contributed by atoms with van der Waals surface area (Å²) in [7, 11) is 0. The van der Waals surface area contributed by atoms with Crippen LogP contribution < -0.4 is 11.1 Å². The molecule has 1 aliphatic carbocycles. The number of primary amides is 1. The highest BCUT2D eigenvalue weighted by molar-refractivity contribution is 5.99. The van der Waals surface area contributed by atoms with Crippen LogP contribution in [-0.2, 0) is 0 Å². The zero-order valence-corrected chi connectivity index (χ0v) is 15.8. The second-order valence-corrected chi connectivity index (χ2v) is 7.15. The van der Waals surface area contributed by atoms with Crippen LogP contribution >= 0.6 is 0 Å². The smallest absolute Gasteiger partial charge is 0.248 e. The molecule has 4 rings (SSSR count). The molecule has 3 N–H and O–H groups in total. The van der Waals surface area contributed by atoms with Crippen molar-refractivity contribution in [3.8, 4) is 0 Å². The van der Waals surface area contributed by atoms with Crippen molar-refractivity contribution in [1.29, 1.82) is 0 Å². The van der Waals surface area contributed by atoms with Crippen LogP contribution in [-0.4, -0.2) is 26.2 Å². The SMILES string of the molecule is CCC(=O)c1cc2cnc(Nc3ccc(C(N)=O)cc3)nc2n1C1CCCC1. The summed E-state index contributed by atoms with van der Waals surface area (Å²) in [6.07, 6.45) is 6.69. The lowest BCUT2D eigenvalue weighted by molar-refractivity contribution is 0.0975. The van der Waals surface area contributed by atoms with Crippen LogP contribution in [0.4, 0.5) is 11.6 Å². The number of nitrogens with one attached hydrogen (secondary N) is 1. The molecule has 0 saturated heterocycles. The highest BCUT2D eigenvalue weighted by atomic mass is 16.1. The van der Waals surface area contributed by atoms with Crippen LogP contribution in [0.2, 0.25) is 0 Å². The molecule has 0 atom stereocenters. The first-order chi connectivity index (χ1) is 13.6. The van der Waals surface area contributed by atoms with Crippen LogP contribution in [0.3, 0.4) is 0 Å². The Morgan fingerprint density at radius 1 is 1.21 bits per heavy atom. The highest BCUT2D eigenvalue weighted by Gasteiger charge is 2.25. The van der Waals surface area contributed by atoms with Gasteiger partial charge in [0.15, 0.2) is 5.78 Å². The number of nitrogens with zero attached hydrogens (tertiary/aromatic N) is 3. The van der Waals surface area contributed by atoms with Crippen LogP contribution in [0.5, 0.6) is 0 Å². The summed E-state index contributed by atoms with van der Waals surface area (Å²) in [4.78, 5) is 32.8. The molecule has 28 heavy (non-hydrogen) atoms. The molecular weight excluding hydrogens is 354 g/mol. The zero-order chi connectivity index (χ0) is 19.7. The number of benzene rings is 1. The summed E-state index contributed by atoms with van der Waals surface area (Å²) in [5, 5.41) is 4.03. The van der Waals surface area contributed by atoms with Gasteiger partial charge in [0.1, 0.15) is 5.65 Å². The number of fused-ring (bicyclic) bond motifs is 1. The molecule has 1 aromatic carbocycles. The van der Waals surface area contributed by atoms with E-state index in [0.717, 1.165) is 35.3 Å². The van der Waals surface area contributed by atoms with Gasteiger partial charge in [0.25, 0.3) is 0 Å². The van der Waals surface area contributed by atoms with Crippen molar-refractivity contribution in [3.63, 3.8) is 0 Å². The van der Waals surface area contributed by atoms with Crippen molar-refractivity contribution in [2.45, 2.75) is 45.1 Å².